The third kappa shape index (κ3) is 5.36. The third-order valence-corrected chi connectivity index (χ3v) is 5.82. The highest BCUT2D eigenvalue weighted by atomic mass is 32.1. The number of hydrazone groups is 1. The van der Waals surface area contributed by atoms with E-state index in [-0.39, 0.29) is 5.69 Å². The Labute approximate surface area is 194 Å². The molecule has 33 heavy (non-hydrogen) atoms. The fourth-order valence-corrected chi connectivity index (χ4v) is 4.10. The van der Waals surface area contributed by atoms with Crippen LogP contribution in [0.5, 0.6) is 0 Å². The van der Waals surface area contributed by atoms with E-state index in [4.69, 9.17) is 0 Å². The monoisotopic (exact) mass is 456 g/mol. The fraction of sp³-hybridized carbons (Fsp3) is 0.0800. The van der Waals surface area contributed by atoms with Gasteiger partial charge in [-0.25, -0.2) is 4.98 Å². The number of carbonyl (C=O) groups excluding carboxylic acids is 1. The van der Waals surface area contributed by atoms with Crippen molar-refractivity contribution in [1.29, 1.82) is 0 Å². The van der Waals surface area contributed by atoms with Gasteiger partial charge in [-0.05, 0) is 48.7 Å². The first kappa shape index (κ1) is 22.0. The molecule has 164 valence electrons. The number of hydrogen-bond donors (Lipinski definition) is 0. The first-order valence-corrected chi connectivity index (χ1v) is 11.0. The average Bonchev–Trinajstić information content (AvgIpc) is 3.22. The summed E-state index contributed by atoms with van der Waals surface area (Å²) in [7, 11) is 0. The van der Waals surface area contributed by atoms with E-state index in [0.717, 1.165) is 26.9 Å². The highest BCUT2D eigenvalue weighted by Gasteiger charge is 2.17. The summed E-state index contributed by atoms with van der Waals surface area (Å²) in [5.74, 6) is -0.416. The minimum absolute atomic E-state index is 0.0413. The van der Waals surface area contributed by atoms with Gasteiger partial charge in [0.1, 0.15) is 0 Å². The number of aryl methyl sites for hydroxylation is 2. The number of non-ortho nitro benzene ring substituents is 1. The van der Waals surface area contributed by atoms with Crippen molar-refractivity contribution in [1.82, 2.24) is 4.98 Å². The molecule has 0 spiro atoms. The zero-order chi connectivity index (χ0) is 23.4. The Morgan fingerprint density at radius 3 is 2.55 bits per heavy atom. The van der Waals surface area contributed by atoms with Gasteiger partial charge >= 0.3 is 0 Å². The van der Waals surface area contributed by atoms with Crippen molar-refractivity contribution in [3.63, 3.8) is 0 Å². The second-order valence-electron chi connectivity index (χ2n) is 7.46. The van der Waals surface area contributed by atoms with Crippen LogP contribution in [-0.4, -0.2) is 22.0 Å². The first-order valence-electron chi connectivity index (χ1n) is 10.1. The lowest BCUT2D eigenvalue weighted by Crippen LogP contribution is -2.23. The largest absolute Gasteiger partial charge is 0.273 e. The van der Waals surface area contributed by atoms with Crippen molar-refractivity contribution in [2.24, 2.45) is 5.10 Å². The first-order chi connectivity index (χ1) is 15.9. The molecule has 0 radical (unpaired) electrons. The lowest BCUT2D eigenvalue weighted by atomic mass is 10.2. The molecular weight excluding hydrogens is 436 g/mol. The molecular formula is C25H20N4O3S. The van der Waals surface area contributed by atoms with Gasteiger partial charge in [0.25, 0.3) is 11.6 Å². The summed E-state index contributed by atoms with van der Waals surface area (Å²) < 4.78 is 0.955. The van der Waals surface area contributed by atoms with Gasteiger partial charge in [-0.3, -0.25) is 14.9 Å². The highest BCUT2D eigenvalue weighted by molar-refractivity contribution is 7.22. The maximum absolute atomic E-state index is 13.1. The second-order valence-corrected chi connectivity index (χ2v) is 8.47. The molecule has 0 aliphatic rings. The van der Waals surface area contributed by atoms with Crippen LogP contribution in [0.15, 0.2) is 77.9 Å². The van der Waals surface area contributed by atoms with Crippen LogP contribution in [0.4, 0.5) is 10.8 Å². The molecule has 1 amide bonds. The number of thiazole rings is 1. The number of rotatable bonds is 6. The Kier molecular flexibility index (Phi) is 6.37. The van der Waals surface area contributed by atoms with E-state index in [0.29, 0.717) is 10.7 Å². The molecule has 0 aliphatic carbocycles. The molecule has 0 aliphatic heterocycles. The number of nitro groups is 1. The number of aromatic nitrogens is 1. The smallest absolute Gasteiger partial charge is 0.267 e. The summed E-state index contributed by atoms with van der Waals surface area (Å²) >= 11 is 1.37. The molecule has 0 fully saturated rings. The second kappa shape index (κ2) is 9.54. The number of anilines is 1. The van der Waals surface area contributed by atoms with Gasteiger partial charge in [0.15, 0.2) is 0 Å². The quantitative estimate of drug-likeness (QED) is 0.156. The normalized spacial score (nSPS) is 11.5. The van der Waals surface area contributed by atoms with Crippen molar-refractivity contribution < 1.29 is 9.72 Å². The highest BCUT2D eigenvalue weighted by Crippen LogP contribution is 2.30. The molecule has 1 aromatic heterocycles. The summed E-state index contributed by atoms with van der Waals surface area (Å²) in [5, 5.41) is 17.1. The minimum atomic E-state index is -0.472. The molecule has 0 saturated heterocycles. The van der Waals surface area contributed by atoms with Crippen LogP contribution in [0, 0.1) is 24.0 Å². The van der Waals surface area contributed by atoms with Gasteiger partial charge in [-0.15, -0.1) is 0 Å². The van der Waals surface area contributed by atoms with Crippen LogP contribution in [0.1, 0.15) is 22.3 Å². The number of nitro benzene ring substituents is 1. The van der Waals surface area contributed by atoms with Gasteiger partial charge < -0.3 is 0 Å². The lowest BCUT2D eigenvalue weighted by molar-refractivity contribution is -0.384. The maximum Gasteiger partial charge on any atom is 0.273 e. The van der Waals surface area contributed by atoms with E-state index in [1.54, 1.807) is 18.3 Å². The predicted octanol–water partition coefficient (Wildman–Crippen LogP) is 5.90. The van der Waals surface area contributed by atoms with E-state index < -0.39 is 10.8 Å². The van der Waals surface area contributed by atoms with Gasteiger partial charge in [0.2, 0.25) is 5.13 Å². The van der Waals surface area contributed by atoms with Gasteiger partial charge in [0, 0.05) is 18.2 Å². The number of carbonyl (C=O) groups is 1. The van der Waals surface area contributed by atoms with Gasteiger partial charge in [-0.2, -0.15) is 10.1 Å². The Morgan fingerprint density at radius 2 is 1.79 bits per heavy atom. The molecule has 1 heterocycles. The van der Waals surface area contributed by atoms with Crippen LogP contribution in [0.25, 0.3) is 16.3 Å². The van der Waals surface area contributed by atoms with Crippen LogP contribution in [0.2, 0.25) is 0 Å². The standard InChI is InChI=1S/C25H20N4O3S/c1-17-6-9-20(10-7-17)16-26-28(25-27-22-12-8-18(2)14-23(22)33-25)24(30)13-11-19-4-3-5-21(15-19)29(31)32/h3-16H,1-2H3/b13-11+,26-16+. The van der Waals surface area contributed by atoms with E-state index in [1.807, 2.05) is 56.3 Å². The van der Waals surface area contributed by atoms with Crippen LogP contribution in [0.3, 0.4) is 0 Å². The molecule has 3 aromatic carbocycles. The number of hydrogen-bond acceptors (Lipinski definition) is 6. The van der Waals surface area contributed by atoms with Crippen LogP contribution in [-0.2, 0) is 4.79 Å². The zero-order valence-electron chi connectivity index (χ0n) is 18.0. The molecule has 0 atom stereocenters. The predicted molar refractivity (Wildman–Crippen MR) is 133 cm³/mol. The SMILES string of the molecule is Cc1ccc(/C=N/N(C(=O)/C=C/c2cccc([N+](=O)[O-])c2)c2nc3ccc(C)cc3s2)cc1. The van der Waals surface area contributed by atoms with Crippen molar-refractivity contribution >= 4 is 50.6 Å². The summed E-state index contributed by atoms with van der Waals surface area (Å²) in [4.78, 5) is 28.2. The molecule has 0 N–H and O–H groups in total. The number of amides is 1. The molecule has 7 nitrogen and oxygen atoms in total. The van der Waals surface area contributed by atoms with E-state index in [9.17, 15) is 14.9 Å². The van der Waals surface area contributed by atoms with Gasteiger partial charge in [-0.1, -0.05) is 59.4 Å². The number of benzene rings is 3. The Bertz CT molecular complexity index is 1390. The summed E-state index contributed by atoms with van der Waals surface area (Å²) in [6.07, 6.45) is 4.47. The average molecular weight is 457 g/mol. The van der Waals surface area contributed by atoms with Crippen LogP contribution >= 0.6 is 11.3 Å². The van der Waals surface area contributed by atoms with Crippen molar-refractivity contribution in [2.75, 3.05) is 5.01 Å². The number of fused-ring (bicyclic) bond motifs is 1. The van der Waals surface area contributed by atoms with Crippen molar-refractivity contribution in [3.05, 3.63) is 105 Å². The molecule has 4 rings (SSSR count). The van der Waals surface area contributed by atoms with E-state index in [2.05, 4.69) is 10.1 Å². The summed E-state index contributed by atoms with van der Waals surface area (Å²) in [6.45, 7) is 4.00. The van der Waals surface area contributed by atoms with Crippen LogP contribution < -0.4 is 5.01 Å². The number of nitrogens with zero attached hydrogens (tertiary/aromatic N) is 4. The summed E-state index contributed by atoms with van der Waals surface area (Å²) in [5.41, 5.74) is 4.36. The topological polar surface area (TPSA) is 88.7 Å². The summed E-state index contributed by atoms with van der Waals surface area (Å²) in [6, 6.07) is 19.7. The molecule has 0 saturated carbocycles. The Hall–Kier alpha value is -4.17. The Morgan fingerprint density at radius 1 is 1.03 bits per heavy atom. The van der Waals surface area contributed by atoms with E-state index >= 15 is 0 Å². The molecule has 0 bridgehead atoms. The molecule has 4 aromatic rings. The Balaban J connectivity index is 1.67. The van der Waals surface area contributed by atoms with E-state index in [1.165, 1.54) is 40.6 Å². The van der Waals surface area contributed by atoms with Crippen molar-refractivity contribution in [2.45, 2.75) is 13.8 Å². The fourth-order valence-electron chi connectivity index (χ4n) is 3.07. The molecule has 8 heteroatoms. The van der Waals surface area contributed by atoms with Crippen molar-refractivity contribution in [3.8, 4) is 0 Å². The maximum atomic E-state index is 13.1. The lowest BCUT2D eigenvalue weighted by Gasteiger charge is -2.11. The van der Waals surface area contributed by atoms with Gasteiger partial charge in [0.05, 0.1) is 21.4 Å². The minimum Gasteiger partial charge on any atom is -0.267 e. The third-order valence-electron chi connectivity index (χ3n) is 4.82. The molecule has 0 unspecified atom stereocenters. The zero-order valence-corrected chi connectivity index (χ0v) is 18.8.